The number of nitrogens with one attached hydrogen (secondary N) is 1. The second-order valence-corrected chi connectivity index (χ2v) is 5.58. The quantitative estimate of drug-likeness (QED) is 0.830. The molecule has 3 N–H and O–H groups in total. The Hall–Kier alpha value is -2.08. The number of aromatic nitrogens is 1. The zero-order valence-corrected chi connectivity index (χ0v) is 12.3. The van der Waals surface area contributed by atoms with Gasteiger partial charge < -0.3 is 15.8 Å². The lowest BCUT2D eigenvalue weighted by Crippen LogP contribution is -2.15. The number of hydrogen-bond donors (Lipinski definition) is 2. The van der Waals surface area contributed by atoms with Crippen LogP contribution in [0.1, 0.15) is 17.0 Å². The van der Waals surface area contributed by atoms with Crippen LogP contribution in [0.3, 0.4) is 0 Å². The first kappa shape index (κ1) is 14.3. The maximum atomic E-state index is 11.7. The molecular weight excluding hydrogens is 274 g/mol. The normalized spacial score (nSPS) is 10.3. The average molecular weight is 291 g/mol. The van der Waals surface area contributed by atoms with Gasteiger partial charge in [-0.05, 0) is 26.0 Å². The molecule has 0 atom stereocenters. The Morgan fingerprint density at radius 1 is 1.45 bits per heavy atom. The SMILES string of the molecule is Cc1nc(NC(=O)CCOc2cccc(N)c2)sc1C. The van der Waals surface area contributed by atoms with Crippen molar-refractivity contribution < 1.29 is 9.53 Å². The summed E-state index contributed by atoms with van der Waals surface area (Å²) < 4.78 is 5.47. The average Bonchev–Trinajstić information content (AvgIpc) is 2.68. The van der Waals surface area contributed by atoms with Crippen molar-refractivity contribution in [2.75, 3.05) is 17.7 Å². The summed E-state index contributed by atoms with van der Waals surface area (Å²) in [5, 5.41) is 3.40. The minimum absolute atomic E-state index is 0.109. The lowest BCUT2D eigenvalue weighted by atomic mass is 10.3. The predicted molar refractivity (Wildman–Crippen MR) is 81.2 cm³/mol. The minimum atomic E-state index is -0.109. The molecule has 2 aromatic rings. The van der Waals surface area contributed by atoms with Crippen LogP contribution in [0.25, 0.3) is 0 Å². The summed E-state index contributed by atoms with van der Waals surface area (Å²) in [6.07, 6.45) is 0.270. The van der Waals surface area contributed by atoms with Gasteiger partial charge in [0.1, 0.15) is 5.75 Å². The van der Waals surface area contributed by atoms with Crippen LogP contribution in [0.2, 0.25) is 0 Å². The van der Waals surface area contributed by atoms with Crippen LogP contribution in [0, 0.1) is 13.8 Å². The number of nitrogens with zero attached hydrogens (tertiary/aromatic N) is 1. The Kier molecular flexibility index (Phi) is 4.57. The summed E-state index contributed by atoms with van der Waals surface area (Å²) in [6.45, 7) is 4.20. The van der Waals surface area contributed by atoms with Crippen molar-refractivity contribution in [3.63, 3.8) is 0 Å². The molecule has 2 rings (SSSR count). The third-order valence-corrected chi connectivity index (χ3v) is 3.72. The summed E-state index contributed by atoms with van der Waals surface area (Å²) in [5.74, 6) is 0.557. The summed E-state index contributed by atoms with van der Waals surface area (Å²) in [4.78, 5) is 17.1. The fourth-order valence-corrected chi connectivity index (χ4v) is 2.40. The van der Waals surface area contributed by atoms with E-state index in [-0.39, 0.29) is 12.3 Å². The zero-order valence-electron chi connectivity index (χ0n) is 11.5. The molecule has 5 nitrogen and oxygen atoms in total. The smallest absolute Gasteiger partial charge is 0.229 e. The van der Waals surface area contributed by atoms with Crippen molar-refractivity contribution in [3.05, 3.63) is 34.8 Å². The number of hydrogen-bond acceptors (Lipinski definition) is 5. The van der Waals surface area contributed by atoms with E-state index in [1.165, 1.54) is 11.3 Å². The van der Waals surface area contributed by atoms with Gasteiger partial charge in [-0.1, -0.05) is 6.07 Å². The molecule has 6 heteroatoms. The highest BCUT2D eigenvalue weighted by atomic mass is 32.1. The van der Waals surface area contributed by atoms with E-state index in [1.807, 2.05) is 26.0 Å². The highest BCUT2D eigenvalue weighted by Crippen LogP contribution is 2.21. The molecule has 0 aliphatic rings. The fraction of sp³-hybridized carbons (Fsp3) is 0.286. The third kappa shape index (κ3) is 3.96. The molecule has 0 radical (unpaired) electrons. The minimum Gasteiger partial charge on any atom is -0.493 e. The van der Waals surface area contributed by atoms with E-state index in [4.69, 9.17) is 10.5 Å². The van der Waals surface area contributed by atoms with E-state index in [1.54, 1.807) is 12.1 Å². The molecule has 0 bridgehead atoms. The number of benzene rings is 1. The molecule has 20 heavy (non-hydrogen) atoms. The Labute approximate surface area is 121 Å². The van der Waals surface area contributed by atoms with Crippen molar-refractivity contribution in [1.82, 2.24) is 4.98 Å². The largest absolute Gasteiger partial charge is 0.493 e. The first-order valence-corrected chi connectivity index (χ1v) is 7.08. The van der Waals surface area contributed by atoms with Gasteiger partial charge in [0.2, 0.25) is 5.91 Å². The van der Waals surface area contributed by atoms with Crippen LogP contribution < -0.4 is 15.8 Å². The lowest BCUT2D eigenvalue weighted by molar-refractivity contribution is -0.116. The molecule has 1 heterocycles. The van der Waals surface area contributed by atoms with E-state index >= 15 is 0 Å². The van der Waals surface area contributed by atoms with E-state index in [2.05, 4.69) is 10.3 Å². The number of anilines is 2. The Bertz CT molecular complexity index is 591. The second kappa shape index (κ2) is 6.38. The summed E-state index contributed by atoms with van der Waals surface area (Å²) in [6, 6.07) is 7.13. The lowest BCUT2D eigenvalue weighted by Gasteiger charge is -2.06. The number of thiazole rings is 1. The standard InChI is InChI=1S/C14H17N3O2S/c1-9-10(2)20-14(16-9)17-13(18)6-7-19-12-5-3-4-11(15)8-12/h3-5,8H,6-7,15H2,1-2H3,(H,16,17,18). The molecule has 106 valence electrons. The Morgan fingerprint density at radius 2 is 2.25 bits per heavy atom. The number of ether oxygens (including phenoxy) is 1. The molecule has 0 spiro atoms. The number of nitrogen functional groups attached to an aromatic ring is 1. The van der Waals surface area contributed by atoms with Crippen molar-refractivity contribution >= 4 is 28.1 Å². The van der Waals surface area contributed by atoms with Gasteiger partial charge in [-0.3, -0.25) is 4.79 Å². The van der Waals surface area contributed by atoms with Gasteiger partial charge in [-0.15, -0.1) is 11.3 Å². The monoisotopic (exact) mass is 291 g/mol. The van der Waals surface area contributed by atoms with Gasteiger partial charge in [0.15, 0.2) is 5.13 Å². The molecule has 1 aromatic carbocycles. The molecule has 0 aliphatic carbocycles. The van der Waals surface area contributed by atoms with Gasteiger partial charge in [0, 0.05) is 16.6 Å². The van der Waals surface area contributed by atoms with E-state index in [9.17, 15) is 4.79 Å². The number of nitrogens with two attached hydrogens (primary N) is 1. The van der Waals surface area contributed by atoms with Crippen molar-refractivity contribution in [2.45, 2.75) is 20.3 Å². The molecule has 0 saturated carbocycles. The third-order valence-electron chi connectivity index (χ3n) is 2.73. The summed E-state index contributed by atoms with van der Waals surface area (Å²) in [7, 11) is 0. The number of rotatable bonds is 5. The van der Waals surface area contributed by atoms with Gasteiger partial charge >= 0.3 is 0 Å². The second-order valence-electron chi connectivity index (χ2n) is 4.38. The van der Waals surface area contributed by atoms with Crippen LogP contribution in [-0.2, 0) is 4.79 Å². The molecule has 0 aliphatic heterocycles. The highest BCUT2D eigenvalue weighted by molar-refractivity contribution is 7.15. The van der Waals surface area contributed by atoms with Gasteiger partial charge in [0.05, 0.1) is 18.7 Å². The number of amides is 1. The topological polar surface area (TPSA) is 77.2 Å². The zero-order chi connectivity index (χ0) is 14.5. The van der Waals surface area contributed by atoms with Crippen molar-refractivity contribution in [1.29, 1.82) is 0 Å². The van der Waals surface area contributed by atoms with Crippen LogP contribution in [0.5, 0.6) is 5.75 Å². The first-order valence-electron chi connectivity index (χ1n) is 6.27. The fourth-order valence-electron chi connectivity index (χ4n) is 1.57. The van der Waals surface area contributed by atoms with Crippen LogP contribution in [-0.4, -0.2) is 17.5 Å². The van der Waals surface area contributed by atoms with Crippen LogP contribution in [0.4, 0.5) is 10.8 Å². The maximum Gasteiger partial charge on any atom is 0.229 e. The summed E-state index contributed by atoms with van der Waals surface area (Å²) >= 11 is 1.47. The van der Waals surface area contributed by atoms with Crippen LogP contribution in [0.15, 0.2) is 24.3 Å². The predicted octanol–water partition coefficient (Wildman–Crippen LogP) is 2.75. The first-order chi connectivity index (χ1) is 9.54. The van der Waals surface area contributed by atoms with Gasteiger partial charge in [-0.2, -0.15) is 0 Å². The summed E-state index contributed by atoms with van der Waals surface area (Å²) in [5.41, 5.74) is 7.23. The van der Waals surface area contributed by atoms with Gasteiger partial charge in [0.25, 0.3) is 0 Å². The van der Waals surface area contributed by atoms with Gasteiger partial charge in [-0.25, -0.2) is 4.98 Å². The van der Waals surface area contributed by atoms with E-state index < -0.39 is 0 Å². The van der Waals surface area contributed by atoms with E-state index in [0.29, 0.717) is 23.2 Å². The molecule has 0 fully saturated rings. The van der Waals surface area contributed by atoms with E-state index in [0.717, 1.165) is 10.6 Å². The maximum absolute atomic E-state index is 11.7. The molecule has 1 amide bonds. The molecule has 0 unspecified atom stereocenters. The highest BCUT2D eigenvalue weighted by Gasteiger charge is 2.08. The number of carbonyl (C=O) groups is 1. The van der Waals surface area contributed by atoms with Crippen molar-refractivity contribution in [2.24, 2.45) is 0 Å². The molecule has 1 aromatic heterocycles. The Morgan fingerprint density at radius 3 is 2.90 bits per heavy atom. The molecular formula is C14H17N3O2S. The number of aryl methyl sites for hydroxylation is 2. The van der Waals surface area contributed by atoms with Crippen molar-refractivity contribution in [3.8, 4) is 5.75 Å². The van der Waals surface area contributed by atoms with Crippen LogP contribution >= 0.6 is 11.3 Å². The number of carbonyl (C=O) groups excluding carboxylic acids is 1. The molecule has 0 saturated heterocycles. The Balaban J connectivity index is 1.78.